The third-order valence-electron chi connectivity index (χ3n) is 4.33. The molecule has 1 aromatic carbocycles. The number of piperidine rings is 1. The normalized spacial score (nSPS) is 18.0. The van der Waals surface area contributed by atoms with Crippen molar-refractivity contribution in [3.05, 3.63) is 41.2 Å². The molecule has 1 atom stereocenters. The molecule has 0 bridgehead atoms. The summed E-state index contributed by atoms with van der Waals surface area (Å²) >= 11 is 5.94. The minimum absolute atomic E-state index is 0.585. The molecule has 0 amide bonds. The van der Waals surface area contributed by atoms with Crippen LogP contribution < -0.4 is 10.2 Å². The predicted octanol–water partition coefficient (Wildman–Crippen LogP) is 4.95. The van der Waals surface area contributed by atoms with Gasteiger partial charge in [0.15, 0.2) is 0 Å². The van der Waals surface area contributed by atoms with Crippen LogP contribution in [-0.4, -0.2) is 22.6 Å². The minimum Gasteiger partial charge on any atom is -0.353 e. The Morgan fingerprint density at radius 3 is 2.74 bits per heavy atom. The summed E-state index contributed by atoms with van der Waals surface area (Å²) in [5, 5.41) is 4.08. The summed E-state index contributed by atoms with van der Waals surface area (Å²) in [6.07, 6.45) is 4.96. The smallest absolute Gasteiger partial charge is 0.136 e. The van der Waals surface area contributed by atoms with Crippen LogP contribution in [0, 0.1) is 6.92 Å². The van der Waals surface area contributed by atoms with E-state index in [1.807, 2.05) is 31.2 Å². The Labute approximate surface area is 142 Å². The first-order valence-electron chi connectivity index (χ1n) is 8.30. The maximum Gasteiger partial charge on any atom is 0.136 e. The van der Waals surface area contributed by atoms with Gasteiger partial charge in [0.2, 0.25) is 0 Å². The number of halogens is 1. The van der Waals surface area contributed by atoms with Crippen LogP contribution in [-0.2, 0) is 0 Å². The first kappa shape index (κ1) is 16.1. The highest BCUT2D eigenvalue weighted by Crippen LogP contribution is 2.27. The van der Waals surface area contributed by atoms with Gasteiger partial charge < -0.3 is 10.2 Å². The molecule has 2 heterocycles. The number of rotatable bonds is 4. The van der Waals surface area contributed by atoms with Gasteiger partial charge in [0, 0.05) is 29.4 Å². The molecule has 0 aliphatic carbocycles. The van der Waals surface area contributed by atoms with Crippen LogP contribution in [0.4, 0.5) is 17.3 Å². The summed E-state index contributed by atoms with van der Waals surface area (Å²) in [5.74, 6) is 2.65. The van der Waals surface area contributed by atoms with Gasteiger partial charge in [0.1, 0.15) is 17.5 Å². The molecule has 2 aromatic rings. The van der Waals surface area contributed by atoms with E-state index >= 15 is 0 Å². The van der Waals surface area contributed by atoms with E-state index < -0.39 is 0 Å². The number of hydrogen-bond acceptors (Lipinski definition) is 4. The molecule has 0 saturated carbocycles. The molecule has 122 valence electrons. The zero-order valence-corrected chi connectivity index (χ0v) is 14.5. The lowest BCUT2D eigenvalue weighted by Gasteiger charge is -2.36. The molecule has 0 radical (unpaired) electrons. The Balaban J connectivity index is 1.85. The zero-order valence-electron chi connectivity index (χ0n) is 13.7. The molecule has 5 heteroatoms. The average Bonchev–Trinajstić information content (AvgIpc) is 2.56. The number of nitrogens with one attached hydrogen (secondary N) is 1. The Morgan fingerprint density at radius 2 is 2.00 bits per heavy atom. The van der Waals surface area contributed by atoms with Gasteiger partial charge in [-0.05, 0) is 56.9 Å². The molecule has 0 spiro atoms. The summed E-state index contributed by atoms with van der Waals surface area (Å²) in [7, 11) is 0. The predicted molar refractivity (Wildman–Crippen MR) is 96.8 cm³/mol. The van der Waals surface area contributed by atoms with E-state index in [0.717, 1.165) is 41.1 Å². The number of aryl methyl sites for hydroxylation is 1. The van der Waals surface area contributed by atoms with Crippen molar-refractivity contribution < 1.29 is 0 Å². The molecule has 1 aliphatic rings. The lowest BCUT2D eigenvalue weighted by molar-refractivity contribution is 0.446. The Bertz CT molecular complexity index is 657. The van der Waals surface area contributed by atoms with Crippen LogP contribution in [0.3, 0.4) is 0 Å². The molecule has 1 fully saturated rings. The maximum absolute atomic E-state index is 5.94. The second-order valence-corrected chi connectivity index (χ2v) is 6.48. The summed E-state index contributed by atoms with van der Waals surface area (Å²) in [5.41, 5.74) is 0.976. The third-order valence-corrected chi connectivity index (χ3v) is 4.59. The largest absolute Gasteiger partial charge is 0.353 e. The topological polar surface area (TPSA) is 41.0 Å². The highest BCUT2D eigenvalue weighted by atomic mass is 35.5. The average molecular weight is 331 g/mol. The van der Waals surface area contributed by atoms with Gasteiger partial charge in [-0.3, -0.25) is 0 Å². The molecule has 1 aromatic heterocycles. The van der Waals surface area contributed by atoms with Gasteiger partial charge in [0.05, 0.1) is 0 Å². The Morgan fingerprint density at radius 1 is 1.22 bits per heavy atom. The van der Waals surface area contributed by atoms with E-state index in [0.29, 0.717) is 6.04 Å². The van der Waals surface area contributed by atoms with Crippen molar-refractivity contribution in [1.82, 2.24) is 9.97 Å². The number of nitrogens with zero attached hydrogens (tertiary/aromatic N) is 3. The summed E-state index contributed by atoms with van der Waals surface area (Å²) in [6.45, 7) is 5.28. The summed E-state index contributed by atoms with van der Waals surface area (Å²) in [4.78, 5) is 11.6. The van der Waals surface area contributed by atoms with Crippen LogP contribution in [0.5, 0.6) is 0 Å². The standard InChI is InChI=1S/C18H23ClN4/c1-3-16-6-4-5-11-23(16)18-12-17(20-13(2)21-18)22-15-9-7-14(19)8-10-15/h7-10,12,16H,3-6,11H2,1-2H3,(H,20,21,22). The Hall–Kier alpha value is -1.81. The monoisotopic (exact) mass is 330 g/mol. The third kappa shape index (κ3) is 3.94. The van der Waals surface area contributed by atoms with Gasteiger partial charge >= 0.3 is 0 Å². The van der Waals surface area contributed by atoms with E-state index in [2.05, 4.69) is 33.2 Å². The molecule has 1 aliphatic heterocycles. The minimum atomic E-state index is 0.585. The van der Waals surface area contributed by atoms with Crippen LogP contribution >= 0.6 is 11.6 Å². The fourth-order valence-corrected chi connectivity index (χ4v) is 3.30. The molecule has 23 heavy (non-hydrogen) atoms. The lowest BCUT2D eigenvalue weighted by Crippen LogP contribution is -2.39. The number of benzene rings is 1. The fraction of sp³-hybridized carbons (Fsp3) is 0.444. The van der Waals surface area contributed by atoms with Crippen molar-refractivity contribution in [2.75, 3.05) is 16.8 Å². The molecular weight excluding hydrogens is 308 g/mol. The maximum atomic E-state index is 5.94. The van der Waals surface area contributed by atoms with Gasteiger partial charge in [-0.25, -0.2) is 9.97 Å². The molecule has 1 N–H and O–H groups in total. The number of hydrogen-bond donors (Lipinski definition) is 1. The van der Waals surface area contributed by atoms with Crippen LogP contribution in [0.2, 0.25) is 5.02 Å². The quantitative estimate of drug-likeness (QED) is 0.861. The highest BCUT2D eigenvalue weighted by molar-refractivity contribution is 6.30. The van der Waals surface area contributed by atoms with E-state index in [1.54, 1.807) is 0 Å². The van der Waals surface area contributed by atoms with Crippen molar-refractivity contribution in [3.63, 3.8) is 0 Å². The first-order valence-corrected chi connectivity index (χ1v) is 8.68. The lowest BCUT2D eigenvalue weighted by atomic mass is 10.00. The molecule has 1 saturated heterocycles. The molecule has 1 unspecified atom stereocenters. The zero-order chi connectivity index (χ0) is 16.2. The summed E-state index contributed by atoms with van der Waals surface area (Å²) in [6, 6.07) is 10.3. The molecule has 4 nitrogen and oxygen atoms in total. The first-order chi connectivity index (χ1) is 11.2. The second kappa shape index (κ2) is 7.18. The van der Waals surface area contributed by atoms with Crippen molar-refractivity contribution >= 4 is 28.9 Å². The van der Waals surface area contributed by atoms with Crippen molar-refractivity contribution in [2.45, 2.75) is 45.6 Å². The number of aromatic nitrogens is 2. The van der Waals surface area contributed by atoms with Gasteiger partial charge in [-0.15, -0.1) is 0 Å². The molecule has 3 rings (SSSR count). The SMILES string of the molecule is CCC1CCCCN1c1cc(Nc2ccc(Cl)cc2)nc(C)n1. The van der Waals surface area contributed by atoms with Crippen LogP contribution in [0.15, 0.2) is 30.3 Å². The number of anilines is 3. The van der Waals surface area contributed by atoms with Crippen LogP contribution in [0.25, 0.3) is 0 Å². The summed E-state index contributed by atoms with van der Waals surface area (Å²) < 4.78 is 0. The van der Waals surface area contributed by atoms with E-state index in [9.17, 15) is 0 Å². The van der Waals surface area contributed by atoms with Crippen molar-refractivity contribution in [3.8, 4) is 0 Å². The molecular formula is C18H23ClN4. The second-order valence-electron chi connectivity index (χ2n) is 6.04. The van der Waals surface area contributed by atoms with Gasteiger partial charge in [-0.2, -0.15) is 0 Å². The van der Waals surface area contributed by atoms with Crippen molar-refractivity contribution in [2.24, 2.45) is 0 Å². The van der Waals surface area contributed by atoms with Crippen molar-refractivity contribution in [1.29, 1.82) is 0 Å². The van der Waals surface area contributed by atoms with Crippen LogP contribution in [0.1, 0.15) is 38.4 Å². The Kier molecular flexibility index (Phi) is 5.01. The van der Waals surface area contributed by atoms with Gasteiger partial charge in [0.25, 0.3) is 0 Å². The van der Waals surface area contributed by atoms with E-state index in [4.69, 9.17) is 11.6 Å². The highest BCUT2D eigenvalue weighted by Gasteiger charge is 2.22. The van der Waals surface area contributed by atoms with Gasteiger partial charge in [-0.1, -0.05) is 18.5 Å². The van der Waals surface area contributed by atoms with E-state index in [-0.39, 0.29) is 0 Å². The van der Waals surface area contributed by atoms with E-state index in [1.165, 1.54) is 19.3 Å². The fourth-order valence-electron chi connectivity index (χ4n) is 3.17.